The molecule has 1 unspecified atom stereocenters. The average Bonchev–Trinajstić information content (AvgIpc) is 3.38. The second-order valence-corrected chi connectivity index (χ2v) is 9.39. The number of aromatic amines is 1. The summed E-state index contributed by atoms with van der Waals surface area (Å²) in [6.45, 7) is 0.998. The zero-order chi connectivity index (χ0) is 25.7. The minimum Gasteiger partial charge on any atom is -0.481 e. The van der Waals surface area contributed by atoms with Crippen LogP contribution in [0.15, 0.2) is 48.7 Å². The quantitative estimate of drug-likeness (QED) is 0.309. The van der Waals surface area contributed by atoms with Crippen molar-refractivity contribution >= 4 is 23.5 Å². The molecular formula is C25H27ClFN5O4. The van der Waals surface area contributed by atoms with Crippen LogP contribution >= 0.6 is 11.6 Å². The summed E-state index contributed by atoms with van der Waals surface area (Å²) in [5, 5.41) is 32.3. The Bertz CT molecular complexity index is 1190. The largest absolute Gasteiger partial charge is 0.481 e. The number of aromatic nitrogens is 3. The smallest absolute Gasteiger partial charge is 0.307 e. The van der Waals surface area contributed by atoms with E-state index in [4.69, 9.17) is 11.6 Å². The average molecular weight is 516 g/mol. The lowest BCUT2D eigenvalue weighted by molar-refractivity contribution is -0.144. The van der Waals surface area contributed by atoms with Crippen LogP contribution in [-0.4, -0.2) is 74.2 Å². The summed E-state index contributed by atoms with van der Waals surface area (Å²) in [7, 11) is 0. The molecule has 1 amide bonds. The lowest BCUT2D eigenvalue weighted by atomic mass is 9.91. The number of aliphatic carboxylic acids is 1. The molecule has 0 spiro atoms. The first-order chi connectivity index (χ1) is 17.3. The van der Waals surface area contributed by atoms with Crippen LogP contribution in [0, 0.1) is 11.7 Å². The van der Waals surface area contributed by atoms with Crippen LogP contribution in [0.5, 0.6) is 0 Å². The number of rotatable bonds is 11. The Balaban J connectivity index is 1.51. The van der Waals surface area contributed by atoms with Crippen LogP contribution in [0.3, 0.4) is 0 Å². The Labute approximate surface area is 212 Å². The van der Waals surface area contributed by atoms with Crippen LogP contribution in [0.4, 0.5) is 4.39 Å². The third-order valence-corrected chi connectivity index (χ3v) is 6.76. The van der Waals surface area contributed by atoms with E-state index in [0.717, 1.165) is 18.5 Å². The van der Waals surface area contributed by atoms with E-state index in [0.29, 0.717) is 22.6 Å². The molecule has 0 saturated carbocycles. The minimum absolute atomic E-state index is 0.0150. The molecule has 4 rings (SSSR count). The van der Waals surface area contributed by atoms with E-state index in [2.05, 4.69) is 20.7 Å². The first-order valence-corrected chi connectivity index (χ1v) is 12.0. The minimum atomic E-state index is -0.965. The molecular weight excluding hydrogens is 489 g/mol. The normalized spacial score (nSPS) is 17.2. The second-order valence-electron chi connectivity index (χ2n) is 8.96. The molecule has 3 atom stereocenters. The van der Waals surface area contributed by atoms with Gasteiger partial charge in [-0.2, -0.15) is 0 Å². The lowest BCUT2D eigenvalue weighted by Gasteiger charge is -2.41. The maximum atomic E-state index is 14.3. The van der Waals surface area contributed by atoms with Crippen LogP contribution in [0.1, 0.15) is 28.9 Å². The topological polar surface area (TPSA) is 131 Å². The Kier molecular flexibility index (Phi) is 8.29. The van der Waals surface area contributed by atoms with E-state index in [1.165, 1.54) is 18.3 Å². The van der Waals surface area contributed by atoms with Crippen molar-refractivity contribution in [1.82, 2.24) is 25.6 Å². The van der Waals surface area contributed by atoms with Gasteiger partial charge in [0.05, 0.1) is 18.7 Å². The van der Waals surface area contributed by atoms with E-state index in [9.17, 15) is 24.2 Å². The van der Waals surface area contributed by atoms with Crippen LogP contribution < -0.4 is 5.32 Å². The zero-order valence-electron chi connectivity index (χ0n) is 19.4. The number of aliphatic hydroxyl groups is 1. The van der Waals surface area contributed by atoms with Gasteiger partial charge in [0.1, 0.15) is 11.5 Å². The highest BCUT2D eigenvalue weighted by molar-refractivity contribution is 6.30. The monoisotopic (exact) mass is 515 g/mol. The number of aliphatic hydroxyl groups excluding tert-OH is 1. The Morgan fingerprint density at radius 3 is 2.64 bits per heavy atom. The molecule has 1 aliphatic rings. The van der Waals surface area contributed by atoms with Gasteiger partial charge in [0.2, 0.25) is 0 Å². The molecule has 2 aromatic carbocycles. The molecule has 0 radical (unpaired) electrons. The molecule has 0 bridgehead atoms. The van der Waals surface area contributed by atoms with Gasteiger partial charge in [-0.1, -0.05) is 41.1 Å². The van der Waals surface area contributed by atoms with Crippen molar-refractivity contribution in [2.45, 2.75) is 31.3 Å². The number of carbonyl (C=O) groups is 2. The molecule has 1 aromatic heterocycles. The van der Waals surface area contributed by atoms with E-state index < -0.39 is 23.8 Å². The van der Waals surface area contributed by atoms with E-state index >= 15 is 0 Å². The second kappa shape index (κ2) is 11.6. The third kappa shape index (κ3) is 6.26. The predicted octanol–water partition coefficient (Wildman–Crippen LogP) is 2.76. The first-order valence-electron chi connectivity index (χ1n) is 11.6. The number of hydrogen-bond acceptors (Lipinski definition) is 6. The summed E-state index contributed by atoms with van der Waals surface area (Å²) in [5.41, 5.74) is 2.04. The number of amides is 1. The Hall–Kier alpha value is -3.34. The summed E-state index contributed by atoms with van der Waals surface area (Å²) in [4.78, 5) is 26.7. The maximum absolute atomic E-state index is 14.3. The van der Waals surface area contributed by atoms with Crippen molar-refractivity contribution in [3.8, 4) is 11.1 Å². The number of H-pyrrole nitrogens is 1. The molecule has 11 heteroatoms. The number of benzene rings is 2. The highest BCUT2D eigenvalue weighted by Gasteiger charge is 2.33. The maximum Gasteiger partial charge on any atom is 0.307 e. The first kappa shape index (κ1) is 25.7. The van der Waals surface area contributed by atoms with Gasteiger partial charge in [-0.05, 0) is 48.6 Å². The summed E-state index contributed by atoms with van der Waals surface area (Å²) in [6.07, 6.45) is 2.66. The number of carbonyl (C=O) groups excluding carboxylic acids is 1. The molecule has 3 aromatic rings. The van der Waals surface area contributed by atoms with Gasteiger partial charge in [0.25, 0.3) is 5.91 Å². The van der Waals surface area contributed by atoms with Crippen molar-refractivity contribution in [2.24, 2.45) is 5.92 Å². The van der Waals surface area contributed by atoms with Crippen molar-refractivity contribution in [1.29, 1.82) is 0 Å². The van der Waals surface area contributed by atoms with Gasteiger partial charge in [-0.25, -0.2) is 4.39 Å². The fourth-order valence-electron chi connectivity index (χ4n) is 4.41. The summed E-state index contributed by atoms with van der Waals surface area (Å²) in [6, 6.07) is 11.0. The lowest BCUT2D eigenvalue weighted by Crippen LogP contribution is -2.53. The number of carboxylic acids is 1. The SMILES string of the molecule is O=C(N[C@H](Cc1ccc(-c2cc(Cl)ccc2F)cc1)C[C@@H](CN1CCC1CO)C(=O)O)c1cnn[nH]1. The highest BCUT2D eigenvalue weighted by atomic mass is 35.5. The number of nitrogens with zero attached hydrogens (tertiary/aromatic N) is 3. The van der Waals surface area contributed by atoms with Crippen LogP contribution in [0.25, 0.3) is 11.1 Å². The zero-order valence-corrected chi connectivity index (χ0v) is 20.2. The number of carboxylic acid groups (broad SMARTS) is 1. The van der Waals surface area contributed by atoms with Crippen LogP contribution in [0.2, 0.25) is 5.02 Å². The number of hydrogen-bond donors (Lipinski definition) is 4. The van der Waals surface area contributed by atoms with E-state index in [1.54, 1.807) is 18.2 Å². The van der Waals surface area contributed by atoms with Crippen LogP contribution in [-0.2, 0) is 11.2 Å². The van der Waals surface area contributed by atoms with Gasteiger partial charge in [0.15, 0.2) is 0 Å². The van der Waals surface area contributed by atoms with Gasteiger partial charge in [0, 0.05) is 35.8 Å². The Morgan fingerprint density at radius 1 is 1.25 bits per heavy atom. The predicted molar refractivity (Wildman–Crippen MR) is 131 cm³/mol. The fourth-order valence-corrected chi connectivity index (χ4v) is 4.58. The van der Waals surface area contributed by atoms with Gasteiger partial charge < -0.3 is 15.5 Å². The summed E-state index contributed by atoms with van der Waals surface area (Å²) < 4.78 is 14.3. The molecule has 4 N–H and O–H groups in total. The number of likely N-dealkylation sites (tertiary alicyclic amines) is 1. The van der Waals surface area contributed by atoms with Crippen molar-refractivity contribution in [3.63, 3.8) is 0 Å². The number of halogens is 2. The molecule has 1 fully saturated rings. The summed E-state index contributed by atoms with van der Waals surface area (Å²) in [5.74, 6) is -2.54. The number of nitrogens with one attached hydrogen (secondary N) is 2. The fraction of sp³-hybridized carbons (Fsp3) is 0.360. The molecule has 9 nitrogen and oxygen atoms in total. The van der Waals surface area contributed by atoms with E-state index in [1.807, 2.05) is 17.0 Å². The van der Waals surface area contributed by atoms with Crippen molar-refractivity contribution < 1.29 is 24.2 Å². The van der Waals surface area contributed by atoms with Gasteiger partial charge >= 0.3 is 5.97 Å². The molecule has 1 aliphatic heterocycles. The molecule has 190 valence electrons. The third-order valence-electron chi connectivity index (χ3n) is 6.52. The van der Waals surface area contributed by atoms with Gasteiger partial charge in [-0.3, -0.25) is 19.6 Å². The standard InChI is InChI=1S/C25H27ClFN5O4/c26-18-5-6-22(27)21(11-18)16-3-1-15(2-4-16)9-19(29-24(34)23-12-28-31-30-23)10-17(25(35)36)13-32-8-7-20(32)14-33/h1-6,11-12,17,19-20,33H,7-10,13-14H2,(H,29,34)(H,35,36)(H,28,30,31)/t17-,19+,20?/m0/s1. The van der Waals surface area contributed by atoms with Crippen molar-refractivity contribution in [2.75, 3.05) is 19.7 Å². The molecule has 1 saturated heterocycles. The Morgan fingerprint density at radius 2 is 2.03 bits per heavy atom. The molecule has 0 aliphatic carbocycles. The molecule has 2 heterocycles. The van der Waals surface area contributed by atoms with E-state index in [-0.39, 0.29) is 37.1 Å². The summed E-state index contributed by atoms with van der Waals surface area (Å²) >= 11 is 6.02. The van der Waals surface area contributed by atoms with Gasteiger partial charge in [-0.15, -0.1) is 5.10 Å². The highest BCUT2D eigenvalue weighted by Crippen LogP contribution is 2.27. The molecule has 36 heavy (non-hydrogen) atoms. The van der Waals surface area contributed by atoms with Crippen molar-refractivity contribution in [3.05, 3.63) is 70.8 Å².